The van der Waals surface area contributed by atoms with Gasteiger partial charge in [-0.2, -0.15) is 11.8 Å². The average molecular weight is 448 g/mol. The van der Waals surface area contributed by atoms with Crippen molar-refractivity contribution in [2.75, 3.05) is 25.1 Å². The first-order valence-corrected chi connectivity index (χ1v) is 11.6. The first kappa shape index (κ1) is 28.1. The van der Waals surface area contributed by atoms with Gasteiger partial charge in [0.2, 0.25) is 17.7 Å². The molecular formula is C19H37N5O5S. The lowest BCUT2D eigenvalue weighted by molar-refractivity contribution is -0.138. The number of nitrogens with one attached hydrogen (secondary N) is 3. The zero-order valence-electron chi connectivity index (χ0n) is 18.1. The summed E-state index contributed by atoms with van der Waals surface area (Å²) in [5, 5.41) is 16.4. The molecule has 0 aromatic heterocycles. The summed E-state index contributed by atoms with van der Waals surface area (Å²) in [6.07, 6.45) is 4.31. The van der Waals surface area contributed by atoms with Crippen molar-refractivity contribution in [1.82, 2.24) is 16.0 Å². The van der Waals surface area contributed by atoms with Crippen LogP contribution in [0.2, 0.25) is 0 Å². The molecule has 0 saturated heterocycles. The van der Waals surface area contributed by atoms with Crippen molar-refractivity contribution >= 4 is 35.5 Å². The molecule has 30 heavy (non-hydrogen) atoms. The second-order valence-corrected chi connectivity index (χ2v) is 8.52. The molecule has 0 fully saturated rings. The van der Waals surface area contributed by atoms with Crippen molar-refractivity contribution in [2.24, 2.45) is 17.4 Å². The number of aliphatic carboxylic acids is 1. The monoisotopic (exact) mass is 447 g/mol. The van der Waals surface area contributed by atoms with Crippen LogP contribution in [-0.2, 0) is 19.2 Å². The number of unbranched alkanes of at least 4 members (excludes halogenated alkanes) is 1. The third-order valence-corrected chi connectivity index (χ3v) is 4.94. The maximum absolute atomic E-state index is 12.8. The Balaban J connectivity index is 5.16. The summed E-state index contributed by atoms with van der Waals surface area (Å²) in [6, 6.07) is -2.48. The highest BCUT2D eigenvalue weighted by molar-refractivity contribution is 7.98. The van der Waals surface area contributed by atoms with E-state index in [1.54, 1.807) is 0 Å². The van der Waals surface area contributed by atoms with E-state index >= 15 is 0 Å². The molecule has 11 heteroatoms. The molecule has 0 radical (unpaired) electrons. The third-order valence-electron chi connectivity index (χ3n) is 4.30. The molecule has 10 nitrogen and oxygen atoms in total. The van der Waals surface area contributed by atoms with Crippen LogP contribution in [0, 0.1) is 5.92 Å². The largest absolute Gasteiger partial charge is 0.480 e. The first-order valence-electron chi connectivity index (χ1n) is 10.2. The van der Waals surface area contributed by atoms with Crippen molar-refractivity contribution in [3.05, 3.63) is 0 Å². The van der Waals surface area contributed by atoms with Crippen LogP contribution in [0.3, 0.4) is 0 Å². The van der Waals surface area contributed by atoms with Crippen molar-refractivity contribution in [1.29, 1.82) is 0 Å². The highest BCUT2D eigenvalue weighted by Gasteiger charge is 2.28. The number of carboxylic acids is 1. The van der Waals surface area contributed by atoms with Crippen LogP contribution in [0.4, 0.5) is 0 Å². The van der Waals surface area contributed by atoms with E-state index in [-0.39, 0.29) is 5.92 Å². The Morgan fingerprint density at radius 3 is 2.10 bits per heavy atom. The molecule has 3 atom stereocenters. The predicted molar refractivity (Wildman–Crippen MR) is 118 cm³/mol. The summed E-state index contributed by atoms with van der Waals surface area (Å²) in [5.41, 5.74) is 11.4. The van der Waals surface area contributed by atoms with E-state index in [9.17, 15) is 19.2 Å². The van der Waals surface area contributed by atoms with Crippen molar-refractivity contribution in [3.8, 4) is 0 Å². The maximum Gasteiger partial charge on any atom is 0.322 e. The van der Waals surface area contributed by atoms with Crippen LogP contribution in [0.1, 0.15) is 46.0 Å². The summed E-state index contributed by atoms with van der Waals surface area (Å²) < 4.78 is 0. The van der Waals surface area contributed by atoms with E-state index < -0.39 is 48.4 Å². The Labute approximate surface area is 182 Å². The first-order chi connectivity index (χ1) is 14.1. The van der Waals surface area contributed by atoms with Crippen molar-refractivity contribution in [2.45, 2.75) is 64.1 Å². The molecule has 0 saturated carbocycles. The topological polar surface area (TPSA) is 177 Å². The fraction of sp³-hybridized carbons (Fsp3) is 0.789. The van der Waals surface area contributed by atoms with Gasteiger partial charge in [0, 0.05) is 0 Å². The summed E-state index contributed by atoms with van der Waals surface area (Å²) in [5.74, 6) is -1.83. The minimum absolute atomic E-state index is 0.231. The van der Waals surface area contributed by atoms with Gasteiger partial charge in [-0.15, -0.1) is 0 Å². The highest BCUT2D eigenvalue weighted by atomic mass is 32.2. The quantitative estimate of drug-likeness (QED) is 0.170. The van der Waals surface area contributed by atoms with Crippen LogP contribution in [0.25, 0.3) is 0 Å². The molecule has 0 aliphatic carbocycles. The Morgan fingerprint density at radius 1 is 0.967 bits per heavy atom. The van der Waals surface area contributed by atoms with E-state index in [1.165, 1.54) is 11.8 Å². The Bertz CT molecular complexity index is 561. The molecule has 0 aliphatic rings. The number of amides is 3. The molecule has 0 spiro atoms. The van der Waals surface area contributed by atoms with Gasteiger partial charge < -0.3 is 32.5 Å². The number of carboxylic acid groups (broad SMARTS) is 1. The van der Waals surface area contributed by atoms with Gasteiger partial charge >= 0.3 is 5.97 Å². The van der Waals surface area contributed by atoms with Crippen molar-refractivity contribution < 1.29 is 24.3 Å². The number of hydrogen-bond donors (Lipinski definition) is 6. The SMILES string of the molecule is CSCCC(NC(=O)C(N)CC(C)C)C(=O)NC(CCCCN)C(=O)NCC(=O)O. The van der Waals surface area contributed by atoms with Crippen LogP contribution >= 0.6 is 11.8 Å². The summed E-state index contributed by atoms with van der Waals surface area (Å²) in [6.45, 7) is 3.80. The minimum atomic E-state index is -1.18. The minimum Gasteiger partial charge on any atom is -0.480 e. The Kier molecular flexibility index (Phi) is 14.9. The van der Waals surface area contributed by atoms with Gasteiger partial charge in [-0.3, -0.25) is 19.2 Å². The third kappa shape index (κ3) is 12.7. The molecule has 8 N–H and O–H groups in total. The second-order valence-electron chi connectivity index (χ2n) is 7.54. The number of nitrogens with two attached hydrogens (primary N) is 2. The Morgan fingerprint density at radius 2 is 1.57 bits per heavy atom. The molecule has 174 valence electrons. The van der Waals surface area contributed by atoms with Gasteiger partial charge in [0.25, 0.3) is 0 Å². The number of rotatable bonds is 16. The van der Waals surface area contributed by atoms with E-state index in [4.69, 9.17) is 16.6 Å². The molecular weight excluding hydrogens is 410 g/mol. The predicted octanol–water partition coefficient (Wildman–Crippen LogP) is -0.588. The molecule has 0 aliphatic heterocycles. The number of hydrogen-bond acceptors (Lipinski definition) is 7. The molecule has 3 amide bonds. The lowest BCUT2D eigenvalue weighted by Gasteiger charge is -2.24. The fourth-order valence-corrected chi connectivity index (χ4v) is 3.19. The van der Waals surface area contributed by atoms with Crippen LogP contribution in [-0.4, -0.2) is 72.0 Å². The molecule has 0 bridgehead atoms. The van der Waals surface area contributed by atoms with E-state index in [0.717, 1.165) is 0 Å². The fourth-order valence-electron chi connectivity index (χ4n) is 2.72. The molecule has 0 rings (SSSR count). The maximum atomic E-state index is 12.8. The lowest BCUT2D eigenvalue weighted by atomic mass is 10.0. The standard InChI is InChI=1S/C19H37N5O5S/c1-12(2)10-13(21)17(27)23-15(7-9-30-3)19(29)24-14(6-4-5-8-20)18(28)22-11-16(25)26/h12-15H,4-11,20-21H2,1-3H3,(H,22,28)(H,23,27)(H,24,29)(H,25,26). The van der Waals surface area contributed by atoms with Crippen LogP contribution in [0.15, 0.2) is 0 Å². The van der Waals surface area contributed by atoms with Crippen LogP contribution < -0.4 is 27.4 Å². The lowest BCUT2D eigenvalue weighted by Crippen LogP contribution is -2.56. The molecule has 3 unspecified atom stereocenters. The molecule has 0 aromatic carbocycles. The van der Waals surface area contributed by atoms with E-state index in [1.807, 2.05) is 20.1 Å². The molecule has 0 aromatic rings. The van der Waals surface area contributed by atoms with E-state index in [0.29, 0.717) is 44.4 Å². The number of carbonyl (C=O) groups excluding carboxylic acids is 3. The summed E-state index contributed by atoms with van der Waals surface area (Å²) >= 11 is 1.53. The summed E-state index contributed by atoms with van der Waals surface area (Å²) in [4.78, 5) is 48.3. The second kappa shape index (κ2) is 15.9. The van der Waals surface area contributed by atoms with Gasteiger partial charge in [-0.25, -0.2) is 0 Å². The molecule has 0 heterocycles. The van der Waals surface area contributed by atoms with Crippen LogP contribution in [0.5, 0.6) is 0 Å². The summed E-state index contributed by atoms with van der Waals surface area (Å²) in [7, 11) is 0. The van der Waals surface area contributed by atoms with Gasteiger partial charge in [0.1, 0.15) is 18.6 Å². The average Bonchev–Trinajstić information content (AvgIpc) is 2.67. The van der Waals surface area contributed by atoms with Gasteiger partial charge in [0.05, 0.1) is 6.04 Å². The number of carbonyl (C=O) groups is 4. The Hall–Kier alpha value is -1.85. The normalized spacial score (nSPS) is 13.9. The van der Waals surface area contributed by atoms with Crippen molar-refractivity contribution in [3.63, 3.8) is 0 Å². The van der Waals surface area contributed by atoms with Gasteiger partial charge in [0.15, 0.2) is 0 Å². The highest BCUT2D eigenvalue weighted by Crippen LogP contribution is 2.07. The zero-order valence-corrected chi connectivity index (χ0v) is 18.9. The van der Waals surface area contributed by atoms with Gasteiger partial charge in [-0.1, -0.05) is 13.8 Å². The number of thioether (sulfide) groups is 1. The van der Waals surface area contributed by atoms with Gasteiger partial charge in [-0.05, 0) is 56.6 Å². The van der Waals surface area contributed by atoms with E-state index in [2.05, 4.69) is 16.0 Å². The smallest absolute Gasteiger partial charge is 0.322 e. The zero-order chi connectivity index (χ0) is 23.1.